The second-order valence-corrected chi connectivity index (χ2v) is 7.39. The number of fused-ring (bicyclic) bond motifs is 1. The predicted molar refractivity (Wildman–Crippen MR) is 103 cm³/mol. The van der Waals surface area contributed by atoms with Crippen molar-refractivity contribution in [3.05, 3.63) is 47.5 Å². The lowest BCUT2D eigenvalue weighted by Gasteiger charge is -2.31. The number of hydrogen-bond donors (Lipinski definition) is 1. The molecule has 7 heteroatoms. The highest BCUT2D eigenvalue weighted by molar-refractivity contribution is 7.98. The Morgan fingerprint density at radius 2 is 1.96 bits per heavy atom. The molecule has 1 aliphatic rings. The van der Waals surface area contributed by atoms with Crippen LogP contribution in [-0.4, -0.2) is 50.1 Å². The summed E-state index contributed by atoms with van der Waals surface area (Å²) >= 11 is 1.47. The highest BCUT2D eigenvalue weighted by Gasteiger charge is 2.26. The van der Waals surface area contributed by atoms with Gasteiger partial charge in [0.15, 0.2) is 5.16 Å². The van der Waals surface area contributed by atoms with E-state index in [2.05, 4.69) is 34.0 Å². The molecule has 3 heterocycles. The lowest BCUT2D eigenvalue weighted by molar-refractivity contribution is 0.0710. The number of piperidine rings is 1. The molecule has 6 nitrogen and oxygen atoms in total. The normalized spacial score (nSPS) is 15.5. The summed E-state index contributed by atoms with van der Waals surface area (Å²) in [5.74, 6) is 1.41. The number of carbonyl (C=O) groups excluding carboxylic acids is 1. The number of imidazole rings is 1. The van der Waals surface area contributed by atoms with E-state index in [-0.39, 0.29) is 5.91 Å². The molecular weight excluding hydrogens is 346 g/mol. The van der Waals surface area contributed by atoms with E-state index < -0.39 is 0 Å². The molecule has 0 bridgehead atoms. The molecule has 1 amide bonds. The predicted octanol–water partition coefficient (Wildman–Crippen LogP) is 3.40. The number of rotatable bonds is 3. The molecule has 1 aromatic carbocycles. The molecule has 1 N–H and O–H groups in total. The van der Waals surface area contributed by atoms with Crippen LogP contribution in [-0.2, 0) is 0 Å². The smallest absolute Gasteiger partial charge is 0.256 e. The van der Waals surface area contributed by atoms with E-state index >= 15 is 0 Å². The van der Waals surface area contributed by atoms with Gasteiger partial charge in [0.1, 0.15) is 5.82 Å². The zero-order valence-corrected chi connectivity index (χ0v) is 15.7. The van der Waals surface area contributed by atoms with E-state index in [1.807, 2.05) is 17.2 Å². The van der Waals surface area contributed by atoms with Crippen LogP contribution in [0.3, 0.4) is 0 Å². The zero-order valence-electron chi connectivity index (χ0n) is 14.9. The van der Waals surface area contributed by atoms with Crippen molar-refractivity contribution in [2.45, 2.75) is 30.8 Å². The van der Waals surface area contributed by atoms with E-state index in [1.165, 1.54) is 17.3 Å². The largest absolute Gasteiger partial charge is 0.342 e. The molecule has 1 fully saturated rings. The number of nitrogens with zero attached hydrogens (tertiary/aromatic N) is 4. The van der Waals surface area contributed by atoms with Crippen molar-refractivity contribution in [2.24, 2.45) is 0 Å². The Morgan fingerprint density at radius 1 is 1.23 bits per heavy atom. The molecule has 0 unspecified atom stereocenters. The van der Waals surface area contributed by atoms with Crippen molar-refractivity contribution < 1.29 is 4.79 Å². The molecule has 0 spiro atoms. The summed E-state index contributed by atoms with van der Waals surface area (Å²) < 4.78 is 0. The van der Waals surface area contributed by atoms with Crippen molar-refractivity contribution in [3.63, 3.8) is 0 Å². The summed E-state index contributed by atoms with van der Waals surface area (Å²) in [5.41, 5.74) is 3.88. The summed E-state index contributed by atoms with van der Waals surface area (Å²) in [5, 5.41) is 0.681. The first-order valence-corrected chi connectivity index (χ1v) is 9.98. The monoisotopic (exact) mass is 367 g/mol. The number of nitrogens with one attached hydrogen (secondary N) is 1. The maximum atomic E-state index is 12.6. The van der Waals surface area contributed by atoms with Crippen molar-refractivity contribution in [3.8, 4) is 0 Å². The number of thioether (sulfide) groups is 1. The van der Waals surface area contributed by atoms with Crippen LogP contribution in [0.1, 0.15) is 40.5 Å². The number of para-hydroxylation sites is 1. The first kappa shape index (κ1) is 17.0. The summed E-state index contributed by atoms with van der Waals surface area (Å²) in [4.78, 5) is 31.2. The van der Waals surface area contributed by atoms with Gasteiger partial charge in [0, 0.05) is 31.4 Å². The van der Waals surface area contributed by atoms with Crippen LogP contribution in [0.25, 0.3) is 11.0 Å². The topological polar surface area (TPSA) is 74.8 Å². The molecule has 0 atom stereocenters. The second-order valence-electron chi connectivity index (χ2n) is 6.62. The van der Waals surface area contributed by atoms with Gasteiger partial charge in [-0.05, 0) is 37.7 Å². The zero-order chi connectivity index (χ0) is 18.1. The Kier molecular flexibility index (Phi) is 4.63. The van der Waals surface area contributed by atoms with Crippen molar-refractivity contribution in [1.29, 1.82) is 0 Å². The summed E-state index contributed by atoms with van der Waals surface area (Å²) in [6.07, 6.45) is 6.98. The first-order valence-electron chi connectivity index (χ1n) is 8.76. The average molecular weight is 367 g/mol. The SMILES string of the molecule is CSc1ncc(C(=O)N2CCC(c3nc4c(C)cccc4[nH]3)CC2)cn1. The second kappa shape index (κ2) is 7.07. The number of benzene rings is 1. The molecule has 2 aromatic heterocycles. The van der Waals surface area contributed by atoms with Gasteiger partial charge in [-0.1, -0.05) is 23.9 Å². The van der Waals surface area contributed by atoms with Gasteiger partial charge in [0.2, 0.25) is 0 Å². The van der Waals surface area contributed by atoms with Gasteiger partial charge in [0.05, 0.1) is 16.6 Å². The van der Waals surface area contributed by atoms with Gasteiger partial charge in [-0.25, -0.2) is 15.0 Å². The first-order chi connectivity index (χ1) is 12.7. The Morgan fingerprint density at radius 3 is 2.62 bits per heavy atom. The fourth-order valence-corrected chi connectivity index (χ4v) is 3.77. The standard InChI is InChI=1S/C19H21N5OS/c1-12-4-3-5-15-16(12)23-17(22-15)13-6-8-24(9-7-13)18(25)14-10-20-19(26-2)21-11-14/h3-5,10-11,13H,6-9H2,1-2H3,(H,22,23). The van der Waals surface area contributed by atoms with Gasteiger partial charge in [-0.2, -0.15) is 0 Å². The Bertz CT molecular complexity index is 929. The summed E-state index contributed by atoms with van der Waals surface area (Å²) in [7, 11) is 0. The minimum absolute atomic E-state index is 0.0107. The van der Waals surface area contributed by atoms with Crippen LogP contribution < -0.4 is 0 Å². The molecule has 26 heavy (non-hydrogen) atoms. The third kappa shape index (κ3) is 3.19. The van der Waals surface area contributed by atoms with Crippen LogP contribution in [0.4, 0.5) is 0 Å². The highest BCUT2D eigenvalue weighted by atomic mass is 32.2. The highest BCUT2D eigenvalue weighted by Crippen LogP contribution is 2.29. The van der Waals surface area contributed by atoms with Gasteiger partial charge >= 0.3 is 0 Å². The fourth-order valence-electron chi connectivity index (χ4n) is 3.46. The van der Waals surface area contributed by atoms with Crippen LogP contribution in [0.2, 0.25) is 0 Å². The molecule has 3 aromatic rings. The molecule has 4 rings (SSSR count). The van der Waals surface area contributed by atoms with Crippen molar-refractivity contribution in [1.82, 2.24) is 24.8 Å². The minimum atomic E-state index is 0.0107. The van der Waals surface area contributed by atoms with E-state index in [0.29, 0.717) is 16.6 Å². The van der Waals surface area contributed by atoms with Crippen LogP contribution in [0.5, 0.6) is 0 Å². The quantitative estimate of drug-likeness (QED) is 0.567. The van der Waals surface area contributed by atoms with Crippen LogP contribution in [0, 0.1) is 6.92 Å². The van der Waals surface area contributed by atoms with Crippen LogP contribution in [0.15, 0.2) is 35.7 Å². The van der Waals surface area contributed by atoms with Crippen molar-refractivity contribution in [2.75, 3.05) is 19.3 Å². The summed E-state index contributed by atoms with van der Waals surface area (Å²) in [6, 6.07) is 6.19. The molecule has 0 aliphatic carbocycles. The molecule has 1 saturated heterocycles. The van der Waals surface area contributed by atoms with Crippen molar-refractivity contribution >= 4 is 28.7 Å². The molecule has 0 saturated carbocycles. The molecule has 1 aliphatic heterocycles. The average Bonchev–Trinajstić information content (AvgIpc) is 3.13. The van der Waals surface area contributed by atoms with E-state index in [4.69, 9.17) is 4.98 Å². The van der Waals surface area contributed by atoms with E-state index in [0.717, 1.165) is 42.8 Å². The van der Waals surface area contributed by atoms with Crippen LogP contribution >= 0.6 is 11.8 Å². The minimum Gasteiger partial charge on any atom is -0.342 e. The maximum absolute atomic E-state index is 12.6. The lowest BCUT2D eigenvalue weighted by atomic mass is 9.96. The number of hydrogen-bond acceptors (Lipinski definition) is 5. The number of aryl methyl sites for hydroxylation is 1. The Hall–Kier alpha value is -2.41. The third-order valence-corrected chi connectivity index (χ3v) is 5.54. The van der Waals surface area contributed by atoms with Gasteiger partial charge < -0.3 is 9.88 Å². The molecule has 134 valence electrons. The third-order valence-electron chi connectivity index (χ3n) is 4.96. The number of amides is 1. The lowest BCUT2D eigenvalue weighted by Crippen LogP contribution is -2.38. The molecular formula is C19H21N5OS. The maximum Gasteiger partial charge on any atom is 0.256 e. The number of aromatic amines is 1. The number of likely N-dealkylation sites (tertiary alicyclic amines) is 1. The Balaban J connectivity index is 1.44. The van der Waals surface area contributed by atoms with Gasteiger partial charge in [-0.15, -0.1) is 0 Å². The Labute approximate surface area is 156 Å². The van der Waals surface area contributed by atoms with E-state index in [9.17, 15) is 4.79 Å². The molecule has 0 radical (unpaired) electrons. The number of carbonyl (C=O) groups is 1. The van der Waals surface area contributed by atoms with E-state index in [1.54, 1.807) is 12.4 Å². The van der Waals surface area contributed by atoms with Gasteiger partial charge in [0.25, 0.3) is 5.91 Å². The fraction of sp³-hybridized carbons (Fsp3) is 0.368. The number of aromatic nitrogens is 4. The summed E-state index contributed by atoms with van der Waals surface area (Å²) in [6.45, 7) is 3.53. The van der Waals surface area contributed by atoms with Gasteiger partial charge in [-0.3, -0.25) is 4.79 Å². The number of H-pyrrole nitrogens is 1.